The predicted octanol–water partition coefficient (Wildman–Crippen LogP) is 2.30. The largest absolute Gasteiger partial charge is 0.495 e. The van der Waals surface area contributed by atoms with Crippen LogP contribution < -0.4 is 14.4 Å². The highest BCUT2D eigenvalue weighted by Gasteiger charge is 2.29. The fourth-order valence-electron chi connectivity index (χ4n) is 3.67. The van der Waals surface area contributed by atoms with E-state index in [2.05, 4.69) is 22.2 Å². The first-order valence-corrected chi connectivity index (χ1v) is 12.7. The molecular formula is C23H31ClN4O4S. The number of amides is 1. The summed E-state index contributed by atoms with van der Waals surface area (Å²) in [4.78, 5) is 17.5. The molecule has 1 saturated heterocycles. The van der Waals surface area contributed by atoms with Crippen molar-refractivity contribution in [3.05, 3.63) is 53.6 Å². The Kier molecular flexibility index (Phi) is 8.96. The average Bonchev–Trinajstić information content (AvgIpc) is 2.82. The van der Waals surface area contributed by atoms with E-state index in [0.717, 1.165) is 43.4 Å². The number of carbonyl (C=O) groups is 1. The van der Waals surface area contributed by atoms with Gasteiger partial charge in [-0.15, -0.1) is 0 Å². The van der Waals surface area contributed by atoms with Gasteiger partial charge in [-0.2, -0.15) is 0 Å². The molecule has 1 amide bonds. The zero-order valence-corrected chi connectivity index (χ0v) is 20.6. The molecule has 180 valence electrons. The Morgan fingerprint density at radius 1 is 1.12 bits per heavy atom. The second kappa shape index (κ2) is 11.7. The van der Waals surface area contributed by atoms with Crippen molar-refractivity contribution in [2.45, 2.75) is 11.3 Å². The molecule has 1 fully saturated rings. The molecule has 2 aromatic rings. The highest BCUT2D eigenvalue weighted by atomic mass is 35.5. The van der Waals surface area contributed by atoms with E-state index < -0.39 is 15.9 Å². The Balaban J connectivity index is 1.71. The molecule has 0 aromatic heterocycles. The lowest BCUT2D eigenvalue weighted by Crippen LogP contribution is -2.45. The van der Waals surface area contributed by atoms with Crippen LogP contribution in [0.15, 0.2) is 53.4 Å². The molecule has 1 heterocycles. The summed E-state index contributed by atoms with van der Waals surface area (Å²) in [7, 11) is -0.475. The monoisotopic (exact) mass is 494 g/mol. The number of likely N-dealkylation sites (N-methyl/N-ethyl adjacent to an activating group) is 1. The Bertz CT molecular complexity index is 1030. The minimum atomic E-state index is -4.03. The van der Waals surface area contributed by atoms with Gasteiger partial charge in [-0.05, 0) is 50.3 Å². The van der Waals surface area contributed by atoms with E-state index in [4.69, 9.17) is 16.3 Å². The summed E-state index contributed by atoms with van der Waals surface area (Å²) in [5.41, 5.74) is 0.210. The number of benzene rings is 2. The van der Waals surface area contributed by atoms with Gasteiger partial charge in [0.15, 0.2) is 0 Å². The summed E-state index contributed by atoms with van der Waals surface area (Å²) in [6.07, 6.45) is 0.793. The second-order valence-corrected chi connectivity index (χ2v) is 10.3. The highest BCUT2D eigenvalue weighted by Crippen LogP contribution is 2.34. The van der Waals surface area contributed by atoms with Crippen LogP contribution in [-0.2, 0) is 14.8 Å². The lowest BCUT2D eigenvalue weighted by molar-refractivity contribution is -0.119. The number of hydrogen-bond donors (Lipinski definition) is 1. The van der Waals surface area contributed by atoms with Gasteiger partial charge < -0.3 is 19.9 Å². The number of carbonyl (C=O) groups excluding carboxylic acids is 1. The molecule has 0 saturated carbocycles. The molecule has 0 aliphatic carbocycles. The quantitative estimate of drug-likeness (QED) is 0.510. The first kappa shape index (κ1) is 25.3. The van der Waals surface area contributed by atoms with E-state index in [0.29, 0.717) is 17.3 Å². The van der Waals surface area contributed by atoms with Gasteiger partial charge in [0.2, 0.25) is 5.91 Å². The standard InChI is InChI=1S/C23H31ClN4O4S/c1-26-13-15-27(16-14-26)12-6-11-25-23(29)18-28(21-17-19(24)9-10-22(21)32-2)33(30,31)20-7-4-3-5-8-20/h3-5,7-10,17H,6,11-16,18H2,1-2H3,(H,25,29). The minimum Gasteiger partial charge on any atom is -0.495 e. The van der Waals surface area contributed by atoms with E-state index in [1.165, 1.54) is 25.3 Å². The Labute approximate surface area is 201 Å². The molecule has 0 unspecified atom stereocenters. The molecule has 1 N–H and O–H groups in total. The zero-order chi connectivity index (χ0) is 23.8. The highest BCUT2D eigenvalue weighted by molar-refractivity contribution is 7.92. The van der Waals surface area contributed by atoms with Crippen LogP contribution in [0.25, 0.3) is 0 Å². The van der Waals surface area contributed by atoms with Crippen LogP contribution in [-0.4, -0.2) is 84.1 Å². The third-order valence-electron chi connectivity index (χ3n) is 5.60. The molecular weight excluding hydrogens is 464 g/mol. The number of halogens is 1. The third-order valence-corrected chi connectivity index (χ3v) is 7.61. The second-order valence-electron chi connectivity index (χ2n) is 7.99. The topological polar surface area (TPSA) is 82.2 Å². The van der Waals surface area contributed by atoms with Gasteiger partial charge in [0.05, 0.1) is 17.7 Å². The van der Waals surface area contributed by atoms with Crippen LogP contribution in [0.2, 0.25) is 5.02 Å². The van der Waals surface area contributed by atoms with Crippen molar-refractivity contribution in [3.63, 3.8) is 0 Å². The third kappa shape index (κ3) is 6.83. The lowest BCUT2D eigenvalue weighted by atomic mass is 10.3. The van der Waals surface area contributed by atoms with Crippen LogP contribution in [0.1, 0.15) is 6.42 Å². The maximum atomic E-state index is 13.4. The molecule has 2 aromatic carbocycles. The first-order valence-electron chi connectivity index (χ1n) is 10.9. The van der Waals surface area contributed by atoms with Gasteiger partial charge in [0.1, 0.15) is 12.3 Å². The summed E-state index contributed by atoms with van der Waals surface area (Å²) in [6, 6.07) is 12.7. The number of hydrogen-bond acceptors (Lipinski definition) is 6. The maximum absolute atomic E-state index is 13.4. The van der Waals surface area contributed by atoms with Gasteiger partial charge in [-0.25, -0.2) is 8.42 Å². The summed E-state index contributed by atoms with van der Waals surface area (Å²) < 4.78 is 33.3. The molecule has 3 rings (SSSR count). The fraction of sp³-hybridized carbons (Fsp3) is 0.435. The summed E-state index contributed by atoms with van der Waals surface area (Å²) in [5.74, 6) is -0.0864. The molecule has 10 heteroatoms. The average molecular weight is 495 g/mol. The van der Waals surface area contributed by atoms with E-state index in [-0.39, 0.29) is 17.1 Å². The lowest BCUT2D eigenvalue weighted by Gasteiger charge is -2.32. The Morgan fingerprint density at radius 2 is 1.82 bits per heavy atom. The van der Waals surface area contributed by atoms with Crippen LogP contribution in [0, 0.1) is 0 Å². The maximum Gasteiger partial charge on any atom is 0.264 e. The number of rotatable bonds is 10. The van der Waals surface area contributed by atoms with Crippen LogP contribution in [0.5, 0.6) is 5.75 Å². The Hall–Kier alpha value is -2.33. The van der Waals surface area contributed by atoms with Gasteiger partial charge in [-0.3, -0.25) is 9.10 Å². The van der Waals surface area contributed by atoms with Crippen molar-refractivity contribution < 1.29 is 17.9 Å². The molecule has 0 spiro atoms. The van der Waals surface area contributed by atoms with Gasteiger partial charge in [0.25, 0.3) is 10.0 Å². The molecule has 33 heavy (non-hydrogen) atoms. The first-order chi connectivity index (χ1) is 15.8. The van der Waals surface area contributed by atoms with Gasteiger partial charge in [0, 0.05) is 37.7 Å². The molecule has 1 aliphatic heterocycles. The van der Waals surface area contributed by atoms with E-state index in [1.54, 1.807) is 30.3 Å². The van der Waals surface area contributed by atoms with E-state index in [1.807, 2.05) is 0 Å². The van der Waals surface area contributed by atoms with Crippen molar-refractivity contribution in [3.8, 4) is 5.75 Å². The molecule has 8 nitrogen and oxygen atoms in total. The van der Waals surface area contributed by atoms with Gasteiger partial charge in [-0.1, -0.05) is 29.8 Å². The van der Waals surface area contributed by atoms with E-state index in [9.17, 15) is 13.2 Å². The van der Waals surface area contributed by atoms with Crippen LogP contribution in [0.4, 0.5) is 5.69 Å². The minimum absolute atomic E-state index is 0.0786. The molecule has 1 aliphatic rings. The van der Waals surface area contributed by atoms with Crippen molar-refractivity contribution in [1.29, 1.82) is 0 Å². The van der Waals surface area contributed by atoms with Crippen molar-refractivity contribution in [1.82, 2.24) is 15.1 Å². The number of methoxy groups -OCH3 is 1. The van der Waals surface area contributed by atoms with Crippen molar-refractivity contribution in [2.75, 3.05) is 64.3 Å². The molecule has 0 bridgehead atoms. The SMILES string of the molecule is COc1ccc(Cl)cc1N(CC(=O)NCCCN1CCN(C)CC1)S(=O)(=O)c1ccccc1. The summed E-state index contributed by atoms with van der Waals surface area (Å²) >= 11 is 6.15. The summed E-state index contributed by atoms with van der Waals surface area (Å²) in [6.45, 7) is 5.09. The molecule has 0 radical (unpaired) electrons. The van der Waals surface area contributed by atoms with Gasteiger partial charge >= 0.3 is 0 Å². The number of piperazine rings is 1. The van der Waals surface area contributed by atoms with E-state index >= 15 is 0 Å². The number of nitrogens with zero attached hydrogens (tertiary/aromatic N) is 3. The Morgan fingerprint density at radius 3 is 2.48 bits per heavy atom. The summed E-state index contributed by atoms with van der Waals surface area (Å²) in [5, 5.41) is 3.19. The predicted molar refractivity (Wildman–Crippen MR) is 131 cm³/mol. The van der Waals surface area contributed by atoms with Crippen LogP contribution >= 0.6 is 11.6 Å². The van der Waals surface area contributed by atoms with Crippen molar-refractivity contribution >= 4 is 33.2 Å². The molecule has 0 atom stereocenters. The smallest absolute Gasteiger partial charge is 0.264 e. The zero-order valence-electron chi connectivity index (χ0n) is 19.0. The fourth-order valence-corrected chi connectivity index (χ4v) is 5.28. The number of nitrogens with one attached hydrogen (secondary N) is 1. The normalized spacial score (nSPS) is 15.2. The number of anilines is 1. The number of ether oxygens (including phenoxy) is 1. The van der Waals surface area contributed by atoms with Crippen molar-refractivity contribution in [2.24, 2.45) is 0 Å². The van der Waals surface area contributed by atoms with Crippen LogP contribution in [0.3, 0.4) is 0 Å². The number of sulfonamides is 1.